The first-order valence-corrected chi connectivity index (χ1v) is 9.38. The molecule has 1 saturated carbocycles. The molecule has 6 N–H and O–H groups in total. The van der Waals surface area contributed by atoms with Gasteiger partial charge in [-0.1, -0.05) is 24.4 Å². The second kappa shape index (κ2) is 7.06. The number of carboxylic acid groups (broad SMARTS) is 1. The molecule has 3 atom stereocenters. The topological polar surface area (TPSA) is 125 Å². The molecule has 0 bridgehead atoms. The van der Waals surface area contributed by atoms with E-state index in [1.165, 1.54) is 0 Å². The van der Waals surface area contributed by atoms with Crippen molar-refractivity contribution in [1.82, 2.24) is 20.6 Å². The molecule has 1 unspecified atom stereocenters. The number of nitrogens with zero attached hydrogens (tertiary/aromatic N) is 2. The summed E-state index contributed by atoms with van der Waals surface area (Å²) in [5.74, 6) is -1.54. The molecule has 0 saturated heterocycles. The van der Waals surface area contributed by atoms with E-state index in [-0.39, 0.29) is 12.0 Å². The molecule has 8 nitrogen and oxygen atoms in total. The van der Waals surface area contributed by atoms with E-state index in [1.54, 1.807) is 18.5 Å². The number of hydrogen-bond donors (Lipinski definition) is 5. The number of nitrogens with one attached hydrogen (secondary N) is 3. The highest BCUT2D eigenvalue weighted by molar-refractivity contribution is 6.31. The predicted octanol–water partition coefficient (Wildman–Crippen LogP) is 1.63. The SMILES string of the molecule is N[C@]1(C(=O)O)CCCC[C@H]1Nc1nc(C2=CNC3NC=C(Cl)C=C23)ncc1F. The second-order valence-electron chi connectivity index (χ2n) is 7.13. The van der Waals surface area contributed by atoms with Gasteiger partial charge in [-0.25, -0.2) is 14.4 Å². The number of dihydropyridines is 1. The molecule has 1 fully saturated rings. The number of aromatic nitrogens is 2. The number of halogens is 2. The number of carbonyl (C=O) groups is 1. The zero-order chi connectivity index (χ0) is 19.9. The Labute approximate surface area is 165 Å². The zero-order valence-corrected chi connectivity index (χ0v) is 15.6. The Morgan fingerprint density at radius 2 is 2.18 bits per heavy atom. The summed E-state index contributed by atoms with van der Waals surface area (Å²) in [5, 5.41) is 19.2. The van der Waals surface area contributed by atoms with E-state index in [0.717, 1.165) is 18.2 Å². The van der Waals surface area contributed by atoms with Crippen LogP contribution in [0.15, 0.2) is 35.3 Å². The smallest absolute Gasteiger partial charge is 0.325 e. The third-order valence-corrected chi connectivity index (χ3v) is 5.57. The van der Waals surface area contributed by atoms with E-state index in [2.05, 4.69) is 25.9 Å². The van der Waals surface area contributed by atoms with Gasteiger partial charge in [0.05, 0.1) is 17.3 Å². The molecule has 3 aliphatic rings. The van der Waals surface area contributed by atoms with E-state index >= 15 is 0 Å². The molecule has 0 radical (unpaired) electrons. The van der Waals surface area contributed by atoms with Gasteiger partial charge in [-0.2, -0.15) is 0 Å². The summed E-state index contributed by atoms with van der Waals surface area (Å²) in [6.45, 7) is 0. The van der Waals surface area contributed by atoms with E-state index < -0.39 is 23.4 Å². The molecule has 3 heterocycles. The predicted molar refractivity (Wildman–Crippen MR) is 102 cm³/mol. The normalized spacial score (nSPS) is 28.9. The van der Waals surface area contributed by atoms with Gasteiger partial charge in [-0.3, -0.25) is 4.79 Å². The van der Waals surface area contributed by atoms with Crippen LogP contribution in [-0.2, 0) is 4.79 Å². The maximum Gasteiger partial charge on any atom is 0.325 e. The van der Waals surface area contributed by atoms with Crippen molar-refractivity contribution >= 4 is 29.0 Å². The van der Waals surface area contributed by atoms with Gasteiger partial charge in [0.2, 0.25) is 0 Å². The lowest BCUT2D eigenvalue weighted by Gasteiger charge is -2.38. The molecule has 4 rings (SSSR count). The molecule has 1 aliphatic carbocycles. The summed E-state index contributed by atoms with van der Waals surface area (Å²) in [6.07, 6.45) is 8.45. The van der Waals surface area contributed by atoms with Crippen molar-refractivity contribution in [3.63, 3.8) is 0 Å². The summed E-state index contributed by atoms with van der Waals surface area (Å²) in [4.78, 5) is 20.1. The van der Waals surface area contributed by atoms with Crippen LogP contribution in [0.4, 0.5) is 10.2 Å². The van der Waals surface area contributed by atoms with Crippen molar-refractivity contribution in [2.24, 2.45) is 5.73 Å². The number of hydrogen-bond acceptors (Lipinski definition) is 7. The Morgan fingerprint density at radius 1 is 1.39 bits per heavy atom. The number of nitrogens with two attached hydrogens (primary N) is 1. The molecule has 2 aliphatic heterocycles. The van der Waals surface area contributed by atoms with Crippen LogP contribution in [0.2, 0.25) is 0 Å². The quantitative estimate of drug-likeness (QED) is 0.511. The molecule has 0 amide bonds. The minimum atomic E-state index is -1.47. The van der Waals surface area contributed by atoms with Crippen molar-refractivity contribution in [2.75, 3.05) is 5.32 Å². The fourth-order valence-corrected chi connectivity index (χ4v) is 3.94. The number of aliphatic carboxylic acids is 1. The van der Waals surface area contributed by atoms with Gasteiger partial charge in [0.15, 0.2) is 17.5 Å². The lowest BCUT2D eigenvalue weighted by molar-refractivity contribution is -0.145. The average Bonchev–Trinajstić information content (AvgIpc) is 3.08. The van der Waals surface area contributed by atoms with Crippen LogP contribution in [0, 0.1) is 5.82 Å². The van der Waals surface area contributed by atoms with E-state index in [4.69, 9.17) is 17.3 Å². The molecular formula is C18H20ClFN6O2. The van der Waals surface area contributed by atoms with Gasteiger partial charge in [-0.15, -0.1) is 0 Å². The van der Waals surface area contributed by atoms with Crippen molar-refractivity contribution < 1.29 is 14.3 Å². The summed E-state index contributed by atoms with van der Waals surface area (Å²) >= 11 is 6.07. The largest absolute Gasteiger partial charge is 0.480 e. The van der Waals surface area contributed by atoms with Crippen molar-refractivity contribution in [2.45, 2.75) is 43.4 Å². The lowest BCUT2D eigenvalue weighted by atomic mass is 9.78. The van der Waals surface area contributed by atoms with Crippen molar-refractivity contribution in [1.29, 1.82) is 0 Å². The first-order valence-electron chi connectivity index (χ1n) is 9.00. The molecule has 1 aromatic heterocycles. The number of carboxylic acids is 1. The number of fused-ring (bicyclic) bond motifs is 1. The molecule has 10 heteroatoms. The molecular weight excluding hydrogens is 387 g/mol. The first-order chi connectivity index (χ1) is 13.4. The maximum atomic E-state index is 14.4. The Morgan fingerprint density at radius 3 is 2.96 bits per heavy atom. The van der Waals surface area contributed by atoms with Crippen LogP contribution in [0.3, 0.4) is 0 Å². The molecule has 1 aromatic rings. The second-order valence-corrected chi connectivity index (χ2v) is 7.57. The van der Waals surface area contributed by atoms with Gasteiger partial charge < -0.3 is 26.8 Å². The van der Waals surface area contributed by atoms with Crippen LogP contribution in [0.5, 0.6) is 0 Å². The monoisotopic (exact) mass is 406 g/mol. The van der Waals surface area contributed by atoms with Gasteiger partial charge in [0.25, 0.3) is 0 Å². The van der Waals surface area contributed by atoms with Gasteiger partial charge in [-0.05, 0) is 18.9 Å². The lowest BCUT2D eigenvalue weighted by Crippen LogP contribution is -2.61. The molecule has 148 valence electrons. The molecule has 28 heavy (non-hydrogen) atoms. The van der Waals surface area contributed by atoms with E-state index in [9.17, 15) is 14.3 Å². The summed E-state index contributed by atoms with van der Waals surface area (Å²) in [5.41, 5.74) is 6.16. The standard InChI is InChI=1S/C18H20ClFN6O2/c19-9-5-10-11(7-23-14(10)22-6-9)15-24-8-12(20)16(26-15)25-13-3-1-2-4-18(13,21)17(27)28/h5-8,13-14,22-23H,1-4,21H2,(H,27,28)(H,24,25,26)/t13-,14?,18-/m1/s1. The highest BCUT2D eigenvalue weighted by atomic mass is 35.5. The Kier molecular flexibility index (Phi) is 4.72. The fraction of sp³-hybridized carbons (Fsp3) is 0.389. The van der Waals surface area contributed by atoms with Crippen molar-refractivity contribution in [3.8, 4) is 0 Å². The van der Waals surface area contributed by atoms with Gasteiger partial charge >= 0.3 is 5.97 Å². The maximum absolute atomic E-state index is 14.4. The number of allylic oxidation sites excluding steroid dienone is 2. The highest BCUT2D eigenvalue weighted by Gasteiger charge is 2.44. The Balaban J connectivity index is 1.63. The third-order valence-electron chi connectivity index (χ3n) is 5.35. The summed E-state index contributed by atoms with van der Waals surface area (Å²) in [7, 11) is 0. The summed E-state index contributed by atoms with van der Waals surface area (Å²) in [6, 6.07) is -0.632. The third kappa shape index (κ3) is 3.20. The fourth-order valence-electron chi connectivity index (χ4n) is 3.76. The van der Waals surface area contributed by atoms with Crippen LogP contribution >= 0.6 is 11.6 Å². The minimum Gasteiger partial charge on any atom is -0.480 e. The molecule has 0 spiro atoms. The zero-order valence-electron chi connectivity index (χ0n) is 14.9. The minimum absolute atomic E-state index is 0.0664. The van der Waals surface area contributed by atoms with Crippen LogP contribution in [0.1, 0.15) is 31.5 Å². The van der Waals surface area contributed by atoms with E-state index in [0.29, 0.717) is 35.7 Å². The van der Waals surface area contributed by atoms with Gasteiger partial charge in [0.1, 0.15) is 11.7 Å². The number of anilines is 1. The highest BCUT2D eigenvalue weighted by Crippen LogP contribution is 2.33. The average molecular weight is 407 g/mol. The Hall–Kier alpha value is -2.65. The first kappa shape index (κ1) is 18.7. The van der Waals surface area contributed by atoms with Crippen LogP contribution in [-0.4, -0.2) is 38.8 Å². The number of rotatable bonds is 4. The Bertz CT molecular complexity index is 917. The molecule has 0 aromatic carbocycles. The van der Waals surface area contributed by atoms with Crippen molar-refractivity contribution in [3.05, 3.63) is 46.9 Å². The van der Waals surface area contributed by atoms with Gasteiger partial charge in [0, 0.05) is 23.5 Å². The van der Waals surface area contributed by atoms with E-state index in [1.807, 2.05) is 0 Å². The van der Waals surface area contributed by atoms with Crippen LogP contribution < -0.4 is 21.7 Å². The summed E-state index contributed by atoms with van der Waals surface area (Å²) < 4.78 is 14.4. The van der Waals surface area contributed by atoms with Crippen LogP contribution in [0.25, 0.3) is 5.57 Å².